The smallest absolute Gasteiger partial charge is 0.358 e. The van der Waals surface area contributed by atoms with Gasteiger partial charge in [0.2, 0.25) is 0 Å². The number of rotatable bonds is 5. The SMILES string of the molecule is CCOC(=O)c1nc(N2C(C)CCC2CC)sc1C(C)=O. The standard InChI is InChI=1S/C15H22N2O3S/c1-5-11-8-7-9(3)17(11)15-16-12(14(19)20-6-2)13(21-15)10(4)18/h9,11H,5-8H2,1-4H3. The molecule has 0 bridgehead atoms. The first-order valence-corrected chi connectivity index (χ1v) is 8.28. The summed E-state index contributed by atoms with van der Waals surface area (Å²) < 4.78 is 5.01. The van der Waals surface area contributed by atoms with E-state index in [1.54, 1.807) is 6.92 Å². The van der Waals surface area contributed by atoms with E-state index in [0.29, 0.717) is 17.0 Å². The van der Waals surface area contributed by atoms with Crippen LogP contribution in [0.2, 0.25) is 0 Å². The van der Waals surface area contributed by atoms with E-state index >= 15 is 0 Å². The van der Waals surface area contributed by atoms with Gasteiger partial charge in [-0.3, -0.25) is 4.79 Å². The molecule has 2 rings (SSSR count). The third-order valence-corrected chi connectivity index (χ3v) is 5.05. The molecule has 1 saturated heterocycles. The summed E-state index contributed by atoms with van der Waals surface area (Å²) in [4.78, 5) is 30.8. The second kappa shape index (κ2) is 6.56. The van der Waals surface area contributed by atoms with Crippen LogP contribution in [0, 0.1) is 0 Å². The average Bonchev–Trinajstić information content (AvgIpc) is 3.02. The first kappa shape index (κ1) is 15.9. The zero-order valence-electron chi connectivity index (χ0n) is 13.0. The Morgan fingerprint density at radius 1 is 1.38 bits per heavy atom. The zero-order valence-corrected chi connectivity index (χ0v) is 13.8. The lowest BCUT2D eigenvalue weighted by molar-refractivity contribution is 0.0517. The van der Waals surface area contributed by atoms with E-state index in [4.69, 9.17) is 4.74 Å². The van der Waals surface area contributed by atoms with Gasteiger partial charge in [0.05, 0.1) is 6.61 Å². The number of hydrogen-bond donors (Lipinski definition) is 0. The van der Waals surface area contributed by atoms with Gasteiger partial charge in [-0.15, -0.1) is 0 Å². The lowest BCUT2D eigenvalue weighted by Crippen LogP contribution is -2.34. The number of carbonyl (C=O) groups is 2. The molecular weight excluding hydrogens is 288 g/mol. The van der Waals surface area contributed by atoms with Crippen molar-refractivity contribution in [1.29, 1.82) is 0 Å². The predicted molar refractivity (Wildman–Crippen MR) is 83.3 cm³/mol. The first-order valence-electron chi connectivity index (χ1n) is 7.46. The predicted octanol–water partition coefficient (Wildman–Crippen LogP) is 3.29. The van der Waals surface area contributed by atoms with Gasteiger partial charge >= 0.3 is 5.97 Å². The number of thiazole rings is 1. The molecule has 2 unspecified atom stereocenters. The third kappa shape index (κ3) is 3.10. The summed E-state index contributed by atoms with van der Waals surface area (Å²) in [5.41, 5.74) is 0.165. The molecule has 6 heteroatoms. The second-order valence-corrected chi connectivity index (χ2v) is 6.32. The quantitative estimate of drug-likeness (QED) is 0.617. The Bertz CT molecular complexity index is 541. The molecule has 116 valence electrons. The van der Waals surface area contributed by atoms with Gasteiger partial charge in [0, 0.05) is 19.0 Å². The van der Waals surface area contributed by atoms with Gasteiger partial charge in [0.1, 0.15) is 4.88 Å². The molecule has 1 aliphatic heterocycles. The molecule has 0 amide bonds. The van der Waals surface area contributed by atoms with E-state index in [0.717, 1.165) is 24.4 Å². The number of hydrogen-bond acceptors (Lipinski definition) is 6. The van der Waals surface area contributed by atoms with Gasteiger partial charge in [0.25, 0.3) is 0 Å². The number of ether oxygens (including phenoxy) is 1. The van der Waals surface area contributed by atoms with Gasteiger partial charge in [-0.05, 0) is 33.1 Å². The highest BCUT2D eigenvalue weighted by Gasteiger charge is 2.33. The van der Waals surface area contributed by atoms with Gasteiger partial charge in [-0.1, -0.05) is 18.3 Å². The monoisotopic (exact) mass is 310 g/mol. The number of esters is 1. The molecule has 21 heavy (non-hydrogen) atoms. The number of nitrogens with zero attached hydrogens (tertiary/aromatic N) is 2. The maximum atomic E-state index is 12.0. The molecule has 0 aliphatic carbocycles. The Hall–Kier alpha value is -1.43. The Labute approximate surface area is 129 Å². The molecule has 0 saturated carbocycles. The van der Waals surface area contributed by atoms with Gasteiger partial charge in [0.15, 0.2) is 16.6 Å². The van der Waals surface area contributed by atoms with E-state index in [1.807, 2.05) is 0 Å². The lowest BCUT2D eigenvalue weighted by atomic mass is 10.2. The van der Waals surface area contributed by atoms with E-state index < -0.39 is 5.97 Å². The van der Waals surface area contributed by atoms with Crippen molar-refractivity contribution in [2.24, 2.45) is 0 Å². The van der Waals surface area contributed by atoms with Crippen LogP contribution in [0.4, 0.5) is 5.13 Å². The maximum absolute atomic E-state index is 12.0. The van der Waals surface area contributed by atoms with E-state index in [9.17, 15) is 9.59 Å². The molecule has 2 heterocycles. The van der Waals surface area contributed by atoms with Crippen LogP contribution in [0.15, 0.2) is 0 Å². The van der Waals surface area contributed by atoms with Crippen LogP contribution in [-0.4, -0.2) is 35.4 Å². The number of ketones is 1. The molecule has 5 nitrogen and oxygen atoms in total. The molecule has 1 aliphatic rings. The number of anilines is 1. The first-order chi connectivity index (χ1) is 9.99. The summed E-state index contributed by atoms with van der Waals surface area (Å²) in [6, 6.07) is 0.817. The van der Waals surface area contributed by atoms with Crippen molar-refractivity contribution >= 4 is 28.2 Å². The lowest BCUT2D eigenvalue weighted by Gasteiger charge is -2.27. The van der Waals surface area contributed by atoms with Crippen LogP contribution < -0.4 is 4.90 Å². The van der Waals surface area contributed by atoms with Crippen LogP contribution in [-0.2, 0) is 4.74 Å². The summed E-state index contributed by atoms with van der Waals surface area (Å²) in [6.45, 7) is 7.80. The fraction of sp³-hybridized carbons (Fsp3) is 0.667. The molecule has 0 spiro atoms. The van der Waals surface area contributed by atoms with E-state index in [2.05, 4.69) is 23.7 Å². The summed E-state index contributed by atoms with van der Waals surface area (Å²) in [6.07, 6.45) is 3.28. The van der Waals surface area contributed by atoms with Crippen molar-refractivity contribution in [2.75, 3.05) is 11.5 Å². The van der Waals surface area contributed by atoms with Gasteiger partial charge < -0.3 is 9.64 Å². The number of Topliss-reactive ketones (excluding diaryl/α,β-unsaturated/α-hetero) is 1. The molecule has 0 radical (unpaired) electrons. The zero-order chi connectivity index (χ0) is 15.6. The van der Waals surface area contributed by atoms with Crippen LogP contribution >= 0.6 is 11.3 Å². The van der Waals surface area contributed by atoms with Crippen molar-refractivity contribution in [2.45, 2.75) is 59.0 Å². The van der Waals surface area contributed by atoms with E-state index in [-0.39, 0.29) is 18.1 Å². The highest BCUT2D eigenvalue weighted by molar-refractivity contribution is 7.17. The molecule has 1 aromatic rings. The Kier molecular flexibility index (Phi) is 4.98. The second-order valence-electron chi connectivity index (χ2n) is 5.35. The Morgan fingerprint density at radius 2 is 2.10 bits per heavy atom. The van der Waals surface area contributed by atoms with Crippen molar-refractivity contribution in [3.8, 4) is 0 Å². The van der Waals surface area contributed by atoms with Crippen LogP contribution in [0.1, 0.15) is 67.1 Å². The maximum Gasteiger partial charge on any atom is 0.358 e. The fourth-order valence-electron chi connectivity index (χ4n) is 2.81. The minimum Gasteiger partial charge on any atom is -0.461 e. The van der Waals surface area contributed by atoms with Crippen LogP contribution in [0.5, 0.6) is 0 Å². The topological polar surface area (TPSA) is 59.5 Å². The summed E-state index contributed by atoms with van der Waals surface area (Å²) >= 11 is 1.31. The van der Waals surface area contributed by atoms with Crippen molar-refractivity contribution in [1.82, 2.24) is 4.98 Å². The Morgan fingerprint density at radius 3 is 2.67 bits per heavy atom. The normalized spacial score (nSPS) is 21.6. The minimum atomic E-state index is -0.509. The van der Waals surface area contributed by atoms with Crippen molar-refractivity contribution in [3.63, 3.8) is 0 Å². The van der Waals surface area contributed by atoms with Gasteiger partial charge in [-0.25, -0.2) is 9.78 Å². The molecule has 0 N–H and O–H groups in total. The number of carbonyl (C=O) groups excluding carboxylic acids is 2. The summed E-state index contributed by atoms with van der Waals surface area (Å²) in [5.74, 6) is -0.646. The van der Waals surface area contributed by atoms with E-state index in [1.165, 1.54) is 18.3 Å². The highest BCUT2D eigenvalue weighted by atomic mass is 32.1. The molecule has 1 aromatic heterocycles. The summed E-state index contributed by atoms with van der Waals surface area (Å²) in [5, 5.41) is 0.764. The Balaban J connectivity index is 2.39. The molecule has 2 atom stereocenters. The van der Waals surface area contributed by atoms with Crippen LogP contribution in [0.3, 0.4) is 0 Å². The van der Waals surface area contributed by atoms with Crippen molar-refractivity contribution < 1.29 is 14.3 Å². The fourth-order valence-corrected chi connectivity index (χ4v) is 3.94. The average molecular weight is 310 g/mol. The molecular formula is C15H22N2O3S. The molecule has 1 fully saturated rings. The van der Waals surface area contributed by atoms with Crippen molar-refractivity contribution in [3.05, 3.63) is 10.6 Å². The van der Waals surface area contributed by atoms with Gasteiger partial charge in [-0.2, -0.15) is 0 Å². The minimum absolute atomic E-state index is 0.137. The third-order valence-electron chi connectivity index (χ3n) is 3.88. The van der Waals surface area contributed by atoms with Crippen LogP contribution in [0.25, 0.3) is 0 Å². The molecule has 0 aromatic carbocycles. The highest BCUT2D eigenvalue weighted by Crippen LogP contribution is 2.36. The number of aromatic nitrogens is 1. The summed E-state index contributed by atoms with van der Waals surface area (Å²) in [7, 11) is 0. The largest absolute Gasteiger partial charge is 0.461 e.